The first-order valence-corrected chi connectivity index (χ1v) is 4.50. The Morgan fingerprint density at radius 2 is 2.20 bits per heavy atom. The van der Waals surface area contributed by atoms with Gasteiger partial charge in [0.1, 0.15) is 17.3 Å². The molecule has 0 spiro atoms. The third-order valence-electron chi connectivity index (χ3n) is 1.91. The lowest BCUT2D eigenvalue weighted by Crippen LogP contribution is -1.93. The van der Waals surface area contributed by atoms with Crippen LogP contribution in [-0.4, -0.2) is 7.11 Å². The fourth-order valence-corrected chi connectivity index (χ4v) is 1.20. The molecule has 0 radical (unpaired) electrons. The van der Waals surface area contributed by atoms with Gasteiger partial charge < -0.3 is 9.47 Å². The Kier molecular flexibility index (Phi) is 3.92. The summed E-state index contributed by atoms with van der Waals surface area (Å²) in [5, 5.41) is 0. The SMILES string of the molecule is C=CO/C(=C\C)c1ccc(OC)cc1F. The summed E-state index contributed by atoms with van der Waals surface area (Å²) in [4.78, 5) is 0. The second kappa shape index (κ2) is 5.20. The molecule has 0 aromatic heterocycles. The van der Waals surface area contributed by atoms with Crippen molar-refractivity contribution in [1.29, 1.82) is 0 Å². The lowest BCUT2D eigenvalue weighted by atomic mass is 10.1. The highest BCUT2D eigenvalue weighted by Gasteiger charge is 2.08. The molecular formula is C12H13FO2. The summed E-state index contributed by atoms with van der Waals surface area (Å²) >= 11 is 0. The number of methoxy groups -OCH3 is 1. The van der Waals surface area contributed by atoms with Gasteiger partial charge in [-0.25, -0.2) is 4.39 Å². The van der Waals surface area contributed by atoms with E-state index in [9.17, 15) is 4.39 Å². The van der Waals surface area contributed by atoms with Gasteiger partial charge in [0.15, 0.2) is 0 Å². The highest BCUT2D eigenvalue weighted by atomic mass is 19.1. The van der Waals surface area contributed by atoms with Crippen molar-refractivity contribution in [2.24, 2.45) is 0 Å². The Morgan fingerprint density at radius 1 is 1.47 bits per heavy atom. The molecule has 2 nitrogen and oxygen atoms in total. The molecular weight excluding hydrogens is 195 g/mol. The van der Waals surface area contributed by atoms with Crippen LogP contribution in [0.5, 0.6) is 5.75 Å². The van der Waals surface area contributed by atoms with Gasteiger partial charge in [-0.05, 0) is 25.1 Å². The van der Waals surface area contributed by atoms with E-state index in [4.69, 9.17) is 9.47 Å². The molecule has 0 saturated heterocycles. The molecule has 0 aliphatic carbocycles. The monoisotopic (exact) mass is 208 g/mol. The zero-order valence-electron chi connectivity index (χ0n) is 8.79. The molecule has 0 heterocycles. The van der Waals surface area contributed by atoms with Gasteiger partial charge >= 0.3 is 0 Å². The quantitative estimate of drug-likeness (QED) is 0.706. The van der Waals surface area contributed by atoms with Gasteiger partial charge in [-0.15, -0.1) is 0 Å². The minimum absolute atomic E-state index is 0.385. The summed E-state index contributed by atoms with van der Waals surface area (Å²) in [5.41, 5.74) is 0.387. The van der Waals surface area contributed by atoms with Crippen LogP contribution in [0.1, 0.15) is 12.5 Å². The number of hydrogen-bond acceptors (Lipinski definition) is 2. The van der Waals surface area contributed by atoms with E-state index in [0.29, 0.717) is 17.1 Å². The number of ether oxygens (including phenoxy) is 2. The first kappa shape index (κ1) is 11.3. The van der Waals surface area contributed by atoms with Crippen LogP contribution in [0.3, 0.4) is 0 Å². The second-order valence-electron chi connectivity index (χ2n) is 2.78. The van der Waals surface area contributed by atoms with Crippen molar-refractivity contribution in [3.8, 4) is 5.75 Å². The predicted octanol–water partition coefficient (Wildman–Crippen LogP) is 3.36. The molecule has 1 rings (SSSR count). The standard InChI is InChI=1S/C12H13FO2/c1-4-12(15-5-2)10-7-6-9(14-3)8-11(10)13/h4-8H,2H2,1,3H3/b12-4-. The van der Waals surface area contributed by atoms with Crippen LogP contribution in [0.2, 0.25) is 0 Å². The maximum atomic E-state index is 13.6. The molecule has 0 unspecified atom stereocenters. The van der Waals surface area contributed by atoms with Crippen molar-refractivity contribution < 1.29 is 13.9 Å². The molecule has 0 bridgehead atoms. The number of allylic oxidation sites excluding steroid dienone is 1. The molecule has 0 amide bonds. The molecule has 3 heteroatoms. The molecule has 0 fully saturated rings. The third kappa shape index (κ3) is 2.59. The van der Waals surface area contributed by atoms with E-state index in [0.717, 1.165) is 0 Å². The lowest BCUT2D eigenvalue weighted by molar-refractivity contribution is 0.409. The summed E-state index contributed by atoms with van der Waals surface area (Å²) < 4.78 is 23.5. The van der Waals surface area contributed by atoms with Crippen LogP contribution in [0.4, 0.5) is 4.39 Å². The molecule has 0 aliphatic heterocycles. The molecule has 0 N–H and O–H groups in total. The van der Waals surface area contributed by atoms with Crippen LogP contribution < -0.4 is 4.74 Å². The number of halogens is 1. The fraction of sp³-hybridized carbons (Fsp3) is 0.167. The minimum Gasteiger partial charge on any atom is -0.497 e. The van der Waals surface area contributed by atoms with Crippen molar-refractivity contribution >= 4 is 5.76 Å². The number of benzene rings is 1. The van der Waals surface area contributed by atoms with Gasteiger partial charge in [0, 0.05) is 6.07 Å². The van der Waals surface area contributed by atoms with Gasteiger partial charge in [-0.3, -0.25) is 0 Å². The van der Waals surface area contributed by atoms with Crippen molar-refractivity contribution in [2.45, 2.75) is 6.92 Å². The highest BCUT2D eigenvalue weighted by Crippen LogP contribution is 2.23. The van der Waals surface area contributed by atoms with E-state index >= 15 is 0 Å². The second-order valence-corrected chi connectivity index (χ2v) is 2.78. The average molecular weight is 208 g/mol. The lowest BCUT2D eigenvalue weighted by Gasteiger charge is -2.08. The largest absolute Gasteiger partial charge is 0.497 e. The van der Waals surface area contributed by atoms with E-state index in [2.05, 4.69) is 6.58 Å². The van der Waals surface area contributed by atoms with Crippen molar-refractivity contribution in [3.05, 3.63) is 48.5 Å². The van der Waals surface area contributed by atoms with Gasteiger partial charge in [-0.2, -0.15) is 0 Å². The number of hydrogen-bond donors (Lipinski definition) is 0. The topological polar surface area (TPSA) is 18.5 Å². The Morgan fingerprint density at radius 3 is 2.67 bits per heavy atom. The third-order valence-corrected chi connectivity index (χ3v) is 1.91. The average Bonchev–Trinajstić information content (AvgIpc) is 2.26. The van der Waals surface area contributed by atoms with Crippen molar-refractivity contribution in [3.63, 3.8) is 0 Å². The Hall–Kier alpha value is -1.77. The molecule has 1 aromatic rings. The first-order valence-electron chi connectivity index (χ1n) is 4.50. The Balaban J connectivity index is 3.09. The summed E-state index contributed by atoms with van der Waals surface area (Å²) in [5.74, 6) is 0.528. The molecule has 0 saturated carbocycles. The van der Waals surface area contributed by atoms with Gasteiger partial charge in [-0.1, -0.05) is 6.58 Å². The van der Waals surface area contributed by atoms with Crippen LogP contribution >= 0.6 is 0 Å². The van der Waals surface area contributed by atoms with Crippen LogP contribution in [0, 0.1) is 5.82 Å². The van der Waals surface area contributed by atoms with E-state index in [-0.39, 0.29) is 5.82 Å². The smallest absolute Gasteiger partial charge is 0.137 e. The van der Waals surface area contributed by atoms with E-state index < -0.39 is 0 Å². The summed E-state index contributed by atoms with van der Waals surface area (Å²) in [6.07, 6.45) is 2.94. The molecule has 0 aliphatic rings. The Bertz CT molecular complexity index is 383. The predicted molar refractivity (Wildman–Crippen MR) is 57.9 cm³/mol. The summed E-state index contributed by atoms with van der Waals surface area (Å²) in [6.45, 7) is 5.19. The maximum absolute atomic E-state index is 13.6. The van der Waals surface area contributed by atoms with E-state index in [1.165, 1.54) is 19.4 Å². The first-order chi connectivity index (χ1) is 7.22. The fourth-order valence-electron chi connectivity index (χ4n) is 1.20. The zero-order chi connectivity index (χ0) is 11.3. The minimum atomic E-state index is -0.385. The number of rotatable bonds is 4. The van der Waals surface area contributed by atoms with Gasteiger partial charge in [0.2, 0.25) is 0 Å². The van der Waals surface area contributed by atoms with Crippen molar-refractivity contribution in [1.82, 2.24) is 0 Å². The van der Waals surface area contributed by atoms with Crippen LogP contribution in [-0.2, 0) is 4.74 Å². The van der Waals surface area contributed by atoms with Gasteiger partial charge in [0.05, 0.1) is 18.9 Å². The normalized spacial score (nSPS) is 11.0. The van der Waals surface area contributed by atoms with Crippen LogP contribution in [0.25, 0.3) is 5.76 Å². The summed E-state index contributed by atoms with van der Waals surface area (Å²) in [6, 6.07) is 4.59. The van der Waals surface area contributed by atoms with Crippen LogP contribution in [0.15, 0.2) is 37.1 Å². The Labute approximate surface area is 88.6 Å². The zero-order valence-corrected chi connectivity index (χ0v) is 8.79. The van der Waals surface area contributed by atoms with E-state index in [1.54, 1.807) is 25.1 Å². The summed E-state index contributed by atoms with van der Waals surface area (Å²) in [7, 11) is 1.49. The van der Waals surface area contributed by atoms with E-state index in [1.807, 2.05) is 0 Å². The maximum Gasteiger partial charge on any atom is 0.137 e. The molecule has 0 atom stereocenters. The van der Waals surface area contributed by atoms with Crippen molar-refractivity contribution in [2.75, 3.05) is 7.11 Å². The molecule has 1 aromatic carbocycles. The highest BCUT2D eigenvalue weighted by molar-refractivity contribution is 5.61. The van der Waals surface area contributed by atoms with Gasteiger partial charge in [0.25, 0.3) is 0 Å². The molecule has 15 heavy (non-hydrogen) atoms. The molecule has 80 valence electrons.